The normalized spacial score (nSPS) is 15.2. The molecule has 1 saturated heterocycles. The molecule has 0 unspecified atom stereocenters. The van der Waals surface area contributed by atoms with Gasteiger partial charge in [0.25, 0.3) is 11.6 Å². The summed E-state index contributed by atoms with van der Waals surface area (Å²) in [6, 6.07) is 12.4. The molecule has 0 atom stereocenters. The Morgan fingerprint density at radius 1 is 1.26 bits per heavy atom. The van der Waals surface area contributed by atoms with Crippen LogP contribution < -0.4 is 0 Å². The van der Waals surface area contributed by atoms with Gasteiger partial charge in [-0.3, -0.25) is 19.8 Å². The molecule has 0 radical (unpaired) electrons. The van der Waals surface area contributed by atoms with Crippen molar-refractivity contribution in [1.29, 1.82) is 0 Å². The fraction of sp³-hybridized carbons (Fsp3) is 0.304. The topological polar surface area (TPSA) is 107 Å². The molecule has 1 fully saturated rings. The van der Waals surface area contributed by atoms with Crippen molar-refractivity contribution in [1.82, 2.24) is 19.7 Å². The average molecular weight is 497 g/mol. The molecule has 1 aliphatic heterocycles. The number of hydrogen-bond donors (Lipinski definition) is 0. The van der Waals surface area contributed by atoms with Gasteiger partial charge in [0.1, 0.15) is 6.33 Å². The predicted octanol–water partition coefficient (Wildman–Crippen LogP) is 5.26. The lowest BCUT2D eigenvalue weighted by molar-refractivity contribution is -0.387. The van der Waals surface area contributed by atoms with Gasteiger partial charge in [-0.15, -0.1) is 10.2 Å². The van der Waals surface area contributed by atoms with E-state index in [1.807, 2.05) is 24.3 Å². The first-order chi connectivity index (χ1) is 16.3. The van der Waals surface area contributed by atoms with E-state index in [9.17, 15) is 14.9 Å². The molecule has 1 amide bonds. The van der Waals surface area contributed by atoms with E-state index in [0.29, 0.717) is 27.7 Å². The molecule has 0 saturated carbocycles. The highest BCUT2D eigenvalue weighted by atomic mass is 32.2. The highest BCUT2D eigenvalue weighted by molar-refractivity contribution is 8.13. The number of carbonyl (C=O) groups is 1. The summed E-state index contributed by atoms with van der Waals surface area (Å²) in [6.07, 6.45) is 2.35. The number of amides is 1. The molecular formula is C23H24N6O3S2. The summed E-state index contributed by atoms with van der Waals surface area (Å²) in [5, 5.41) is 20.7. The van der Waals surface area contributed by atoms with E-state index in [1.54, 1.807) is 28.6 Å². The summed E-state index contributed by atoms with van der Waals surface area (Å²) in [4.78, 5) is 31.6. The minimum Gasteiger partial charge on any atom is -0.311 e. The summed E-state index contributed by atoms with van der Waals surface area (Å²) in [5.74, 6) is 0.853. The Morgan fingerprint density at radius 3 is 2.76 bits per heavy atom. The number of hydrogen-bond acceptors (Lipinski definition) is 8. The highest BCUT2D eigenvalue weighted by Crippen LogP contribution is 2.35. The van der Waals surface area contributed by atoms with Crippen molar-refractivity contribution in [2.24, 2.45) is 12.0 Å². The lowest BCUT2D eigenvalue weighted by atomic mass is 10.0. The second-order valence-electron chi connectivity index (χ2n) is 8.03. The van der Waals surface area contributed by atoms with E-state index in [0.717, 1.165) is 35.2 Å². The molecule has 34 heavy (non-hydrogen) atoms. The molecule has 9 nitrogen and oxygen atoms in total. The number of rotatable bonds is 6. The zero-order valence-corrected chi connectivity index (χ0v) is 20.7. The third kappa shape index (κ3) is 5.15. The predicted molar refractivity (Wildman–Crippen MR) is 134 cm³/mol. The Balaban J connectivity index is 1.66. The molecule has 0 spiro atoms. The maximum absolute atomic E-state index is 13.5. The van der Waals surface area contributed by atoms with Gasteiger partial charge in [-0.1, -0.05) is 43.8 Å². The lowest BCUT2D eigenvalue weighted by Crippen LogP contribution is -2.39. The third-order valence-electron chi connectivity index (χ3n) is 5.28. The van der Waals surface area contributed by atoms with Gasteiger partial charge in [0.05, 0.1) is 15.5 Å². The fourth-order valence-electron chi connectivity index (χ4n) is 3.52. The van der Waals surface area contributed by atoms with Gasteiger partial charge in [-0.25, -0.2) is 4.99 Å². The molecule has 0 bridgehead atoms. The van der Waals surface area contributed by atoms with E-state index < -0.39 is 4.92 Å². The van der Waals surface area contributed by atoms with Gasteiger partial charge in [-0.05, 0) is 47.9 Å². The molecule has 4 rings (SSSR count). The van der Waals surface area contributed by atoms with Crippen LogP contribution >= 0.6 is 23.5 Å². The average Bonchev–Trinajstić information content (AvgIpc) is 3.23. The summed E-state index contributed by atoms with van der Waals surface area (Å²) in [7, 11) is 1.76. The van der Waals surface area contributed by atoms with Crippen molar-refractivity contribution >= 4 is 46.0 Å². The molecule has 11 heteroatoms. The lowest BCUT2D eigenvalue weighted by Gasteiger charge is -2.28. The molecule has 1 aromatic heterocycles. The molecule has 176 valence electrons. The van der Waals surface area contributed by atoms with Crippen LogP contribution in [0.4, 0.5) is 11.4 Å². The van der Waals surface area contributed by atoms with Crippen molar-refractivity contribution < 1.29 is 9.72 Å². The first kappa shape index (κ1) is 24.0. The number of carbonyl (C=O) groups excluding carboxylic acids is 1. The molecule has 3 aromatic rings. The molecule has 1 aliphatic rings. The molecule has 2 heterocycles. The summed E-state index contributed by atoms with van der Waals surface area (Å²) >= 11 is 2.66. The Labute approximate surface area is 205 Å². The van der Waals surface area contributed by atoms with Crippen LogP contribution in [0.1, 0.15) is 42.1 Å². The SMILES string of the molecule is CC(C)c1ccccc1N=C1SCCCN1C(=O)c1ccc(Sc2nncn2C)c([N+](=O)[O-])c1. The van der Waals surface area contributed by atoms with Gasteiger partial charge in [0, 0.05) is 31.0 Å². The first-order valence-corrected chi connectivity index (χ1v) is 12.6. The van der Waals surface area contributed by atoms with Crippen molar-refractivity contribution in [3.05, 3.63) is 70.0 Å². The standard InChI is InChI=1S/C23H24N6O3S2/c1-15(2)17-7-4-5-8-18(17)25-22-28(11-6-12-33-22)21(30)16-9-10-20(19(13-16)29(31)32)34-23-26-24-14-27(23)3/h4-5,7-10,13-15H,6,11-12H2,1-3H3. The van der Waals surface area contributed by atoms with Gasteiger partial charge in [-0.2, -0.15) is 0 Å². The summed E-state index contributed by atoms with van der Waals surface area (Å²) in [5.41, 5.74) is 2.05. The smallest absolute Gasteiger partial charge is 0.284 e. The van der Waals surface area contributed by atoms with Crippen LogP contribution in [0, 0.1) is 10.1 Å². The monoisotopic (exact) mass is 496 g/mol. The molecular weight excluding hydrogens is 472 g/mol. The molecule has 0 aliphatic carbocycles. The number of para-hydroxylation sites is 1. The van der Waals surface area contributed by atoms with Crippen LogP contribution in [0.15, 0.2) is 63.8 Å². The summed E-state index contributed by atoms with van der Waals surface area (Å²) in [6.45, 7) is 4.73. The van der Waals surface area contributed by atoms with Crippen molar-refractivity contribution in [2.45, 2.75) is 36.2 Å². The maximum Gasteiger partial charge on any atom is 0.284 e. The number of aryl methyl sites for hydroxylation is 1. The number of nitro groups is 1. The first-order valence-electron chi connectivity index (χ1n) is 10.8. The van der Waals surface area contributed by atoms with Crippen LogP contribution in [0.25, 0.3) is 0 Å². The third-order valence-corrected chi connectivity index (χ3v) is 7.46. The molecule has 0 N–H and O–H groups in total. The highest BCUT2D eigenvalue weighted by Gasteiger charge is 2.28. The van der Waals surface area contributed by atoms with Crippen LogP contribution in [0.2, 0.25) is 0 Å². The van der Waals surface area contributed by atoms with Crippen molar-refractivity contribution in [3.63, 3.8) is 0 Å². The number of nitro benzene ring substituents is 1. The van der Waals surface area contributed by atoms with Gasteiger partial charge in [0.15, 0.2) is 10.3 Å². The second-order valence-corrected chi connectivity index (χ2v) is 10.1. The minimum atomic E-state index is -0.478. The van der Waals surface area contributed by atoms with E-state index in [1.165, 1.54) is 24.2 Å². The van der Waals surface area contributed by atoms with E-state index in [2.05, 4.69) is 24.0 Å². The van der Waals surface area contributed by atoms with E-state index in [-0.39, 0.29) is 17.2 Å². The summed E-state index contributed by atoms with van der Waals surface area (Å²) < 4.78 is 1.68. The Morgan fingerprint density at radius 2 is 2.06 bits per heavy atom. The maximum atomic E-state index is 13.5. The van der Waals surface area contributed by atoms with Crippen molar-refractivity contribution in [3.8, 4) is 0 Å². The number of aromatic nitrogens is 3. The van der Waals surface area contributed by atoms with E-state index >= 15 is 0 Å². The Kier molecular flexibility index (Phi) is 7.32. The van der Waals surface area contributed by atoms with Crippen molar-refractivity contribution in [2.75, 3.05) is 12.3 Å². The van der Waals surface area contributed by atoms with Crippen LogP contribution in [-0.2, 0) is 7.05 Å². The van der Waals surface area contributed by atoms with E-state index in [4.69, 9.17) is 4.99 Å². The number of amidine groups is 1. The second kappa shape index (κ2) is 10.4. The fourth-order valence-corrected chi connectivity index (χ4v) is 5.32. The number of thioether (sulfide) groups is 1. The molecule has 2 aromatic carbocycles. The minimum absolute atomic E-state index is 0.146. The van der Waals surface area contributed by atoms with Gasteiger partial charge in [0.2, 0.25) is 0 Å². The van der Waals surface area contributed by atoms with Gasteiger partial charge >= 0.3 is 0 Å². The van der Waals surface area contributed by atoms with Gasteiger partial charge < -0.3 is 4.57 Å². The zero-order valence-electron chi connectivity index (χ0n) is 19.0. The number of benzene rings is 2. The Bertz CT molecular complexity index is 1260. The largest absolute Gasteiger partial charge is 0.311 e. The van der Waals surface area contributed by atoms with Crippen LogP contribution in [0.3, 0.4) is 0 Å². The van der Waals surface area contributed by atoms with Crippen LogP contribution in [0.5, 0.6) is 0 Å². The zero-order chi connectivity index (χ0) is 24.2. The quantitative estimate of drug-likeness (QED) is 0.338. The Hall–Kier alpha value is -3.18. The number of aliphatic imine (C=N–C) groups is 1. The van der Waals surface area contributed by atoms with Crippen LogP contribution in [-0.4, -0.2) is 48.0 Å². The number of nitrogens with zero attached hydrogens (tertiary/aromatic N) is 6.